The van der Waals surface area contributed by atoms with E-state index in [-0.39, 0.29) is 0 Å². The highest BCUT2D eigenvalue weighted by molar-refractivity contribution is 7.15. The van der Waals surface area contributed by atoms with Crippen LogP contribution in [-0.2, 0) is 6.42 Å². The van der Waals surface area contributed by atoms with Crippen LogP contribution in [-0.4, -0.2) is 33.3 Å². The van der Waals surface area contributed by atoms with Crippen LogP contribution < -0.4 is 10.6 Å². The average Bonchev–Trinajstić information content (AvgIpc) is 3.09. The van der Waals surface area contributed by atoms with E-state index >= 15 is 0 Å². The Morgan fingerprint density at radius 2 is 2.30 bits per heavy atom. The molecule has 2 aromatic heterocycles. The van der Waals surface area contributed by atoms with Crippen LogP contribution in [0.3, 0.4) is 0 Å². The van der Waals surface area contributed by atoms with Gasteiger partial charge in [0.25, 0.3) is 0 Å². The standard InChI is InChI=1S/C13H18N6S/c1-3-11-18-19-13(20-11)17-10-6-8(2)15-12(16-10)9-4-5-14-7-9/h6,9,14H,3-5,7H2,1-2H3,(H,15,16,17,19). The first-order valence-electron chi connectivity index (χ1n) is 6.90. The lowest BCUT2D eigenvalue weighted by Gasteiger charge is -2.10. The fourth-order valence-electron chi connectivity index (χ4n) is 2.27. The van der Waals surface area contributed by atoms with Crippen molar-refractivity contribution in [2.75, 3.05) is 18.4 Å². The lowest BCUT2D eigenvalue weighted by atomic mass is 10.1. The Kier molecular flexibility index (Phi) is 3.88. The summed E-state index contributed by atoms with van der Waals surface area (Å²) in [6.45, 7) is 6.07. The molecular weight excluding hydrogens is 272 g/mol. The molecule has 106 valence electrons. The van der Waals surface area contributed by atoms with Crippen molar-refractivity contribution >= 4 is 22.3 Å². The summed E-state index contributed by atoms with van der Waals surface area (Å²) in [6.07, 6.45) is 2.00. The first-order valence-corrected chi connectivity index (χ1v) is 7.72. The molecule has 1 saturated heterocycles. The Labute approximate surface area is 122 Å². The Morgan fingerprint density at radius 1 is 1.40 bits per heavy atom. The zero-order valence-electron chi connectivity index (χ0n) is 11.7. The Hall–Kier alpha value is -1.60. The number of rotatable bonds is 4. The van der Waals surface area contributed by atoms with Crippen LogP contribution in [0.15, 0.2) is 6.07 Å². The number of nitrogens with zero attached hydrogens (tertiary/aromatic N) is 4. The fraction of sp³-hybridized carbons (Fsp3) is 0.538. The van der Waals surface area contributed by atoms with Crippen molar-refractivity contribution < 1.29 is 0 Å². The van der Waals surface area contributed by atoms with Crippen LogP contribution in [0.2, 0.25) is 0 Å². The van der Waals surface area contributed by atoms with E-state index in [1.807, 2.05) is 13.0 Å². The lowest BCUT2D eigenvalue weighted by Crippen LogP contribution is -2.11. The molecule has 1 unspecified atom stereocenters. The molecule has 2 N–H and O–H groups in total. The summed E-state index contributed by atoms with van der Waals surface area (Å²) in [5.41, 5.74) is 0.977. The molecule has 3 heterocycles. The Morgan fingerprint density at radius 3 is 3.00 bits per heavy atom. The van der Waals surface area contributed by atoms with Crippen molar-refractivity contribution in [3.8, 4) is 0 Å². The van der Waals surface area contributed by atoms with Gasteiger partial charge in [-0.05, 0) is 26.3 Å². The number of hydrogen-bond donors (Lipinski definition) is 2. The van der Waals surface area contributed by atoms with Crippen molar-refractivity contribution in [2.24, 2.45) is 0 Å². The molecule has 0 amide bonds. The summed E-state index contributed by atoms with van der Waals surface area (Å²) in [5.74, 6) is 2.13. The Balaban J connectivity index is 1.81. The summed E-state index contributed by atoms with van der Waals surface area (Å²) >= 11 is 1.57. The van der Waals surface area contributed by atoms with Gasteiger partial charge in [0.1, 0.15) is 16.6 Å². The minimum atomic E-state index is 0.413. The van der Waals surface area contributed by atoms with Crippen LogP contribution >= 0.6 is 11.3 Å². The van der Waals surface area contributed by atoms with Crippen LogP contribution in [0.1, 0.15) is 35.8 Å². The monoisotopic (exact) mass is 290 g/mol. The molecule has 0 spiro atoms. The third-order valence-corrected chi connectivity index (χ3v) is 4.28. The van der Waals surface area contributed by atoms with E-state index in [0.29, 0.717) is 5.92 Å². The average molecular weight is 290 g/mol. The van der Waals surface area contributed by atoms with Gasteiger partial charge in [-0.25, -0.2) is 9.97 Å². The number of nitrogens with one attached hydrogen (secondary N) is 2. The highest BCUT2D eigenvalue weighted by Gasteiger charge is 2.20. The van der Waals surface area contributed by atoms with Gasteiger partial charge in [0, 0.05) is 24.2 Å². The second-order valence-electron chi connectivity index (χ2n) is 4.92. The molecule has 0 saturated carbocycles. The van der Waals surface area contributed by atoms with E-state index in [1.165, 1.54) is 0 Å². The molecule has 0 bridgehead atoms. The normalized spacial score (nSPS) is 18.4. The number of hydrogen-bond acceptors (Lipinski definition) is 7. The predicted octanol–water partition coefficient (Wildman–Crippen LogP) is 2.02. The van der Waals surface area contributed by atoms with Crippen LogP contribution in [0.5, 0.6) is 0 Å². The van der Waals surface area contributed by atoms with Crippen molar-refractivity contribution in [3.05, 3.63) is 22.6 Å². The number of anilines is 2. The zero-order valence-corrected chi connectivity index (χ0v) is 12.5. The quantitative estimate of drug-likeness (QED) is 0.897. The molecule has 2 aromatic rings. The lowest BCUT2D eigenvalue weighted by molar-refractivity contribution is 0.698. The molecule has 1 aliphatic rings. The van der Waals surface area contributed by atoms with Crippen LogP contribution in [0.4, 0.5) is 10.9 Å². The van der Waals surface area contributed by atoms with E-state index in [1.54, 1.807) is 11.3 Å². The van der Waals surface area contributed by atoms with Gasteiger partial charge in [-0.15, -0.1) is 10.2 Å². The highest BCUT2D eigenvalue weighted by atomic mass is 32.1. The van der Waals surface area contributed by atoms with Gasteiger partial charge in [-0.3, -0.25) is 0 Å². The second kappa shape index (κ2) is 5.80. The molecule has 3 rings (SSSR count). The predicted molar refractivity (Wildman–Crippen MR) is 79.6 cm³/mol. The summed E-state index contributed by atoms with van der Waals surface area (Å²) < 4.78 is 0. The van der Waals surface area contributed by atoms with Gasteiger partial charge >= 0.3 is 0 Å². The van der Waals surface area contributed by atoms with Crippen molar-refractivity contribution in [1.29, 1.82) is 0 Å². The first kappa shape index (κ1) is 13.4. The second-order valence-corrected chi connectivity index (χ2v) is 5.98. The minimum absolute atomic E-state index is 0.413. The third-order valence-electron chi connectivity index (χ3n) is 3.30. The topological polar surface area (TPSA) is 75.6 Å². The van der Waals surface area contributed by atoms with Gasteiger partial charge in [-0.1, -0.05) is 18.3 Å². The van der Waals surface area contributed by atoms with E-state index < -0.39 is 0 Å². The third kappa shape index (κ3) is 2.94. The molecule has 6 nitrogen and oxygen atoms in total. The van der Waals surface area contributed by atoms with Gasteiger partial charge in [-0.2, -0.15) is 0 Å². The Bertz CT molecular complexity index is 590. The molecule has 7 heteroatoms. The van der Waals surface area contributed by atoms with Crippen LogP contribution in [0.25, 0.3) is 0 Å². The van der Waals surface area contributed by atoms with Gasteiger partial charge < -0.3 is 10.6 Å². The van der Waals surface area contributed by atoms with Crippen molar-refractivity contribution in [2.45, 2.75) is 32.6 Å². The van der Waals surface area contributed by atoms with Crippen molar-refractivity contribution in [3.63, 3.8) is 0 Å². The molecular formula is C13H18N6S. The molecule has 1 atom stereocenters. The first-order chi connectivity index (χ1) is 9.74. The molecule has 1 fully saturated rings. The fourth-order valence-corrected chi connectivity index (χ4v) is 2.96. The summed E-state index contributed by atoms with van der Waals surface area (Å²) in [6, 6.07) is 1.94. The summed E-state index contributed by atoms with van der Waals surface area (Å²) in [4.78, 5) is 9.18. The molecule has 1 aliphatic heterocycles. The molecule has 0 radical (unpaired) electrons. The van der Waals surface area contributed by atoms with E-state index in [0.717, 1.165) is 53.4 Å². The molecule has 20 heavy (non-hydrogen) atoms. The molecule has 0 aromatic carbocycles. The van der Waals surface area contributed by atoms with E-state index in [4.69, 9.17) is 0 Å². The maximum absolute atomic E-state index is 4.62. The highest BCUT2D eigenvalue weighted by Crippen LogP contribution is 2.23. The van der Waals surface area contributed by atoms with Gasteiger partial charge in [0.05, 0.1) is 0 Å². The number of aryl methyl sites for hydroxylation is 2. The number of aromatic nitrogens is 4. The van der Waals surface area contributed by atoms with Crippen molar-refractivity contribution in [1.82, 2.24) is 25.5 Å². The maximum atomic E-state index is 4.62. The van der Waals surface area contributed by atoms with Gasteiger partial charge in [0.15, 0.2) is 0 Å². The van der Waals surface area contributed by atoms with E-state index in [2.05, 4.69) is 37.7 Å². The van der Waals surface area contributed by atoms with E-state index in [9.17, 15) is 0 Å². The summed E-state index contributed by atoms with van der Waals surface area (Å²) in [5, 5.41) is 16.6. The largest absolute Gasteiger partial charge is 0.316 e. The van der Waals surface area contributed by atoms with Gasteiger partial charge in [0.2, 0.25) is 5.13 Å². The summed E-state index contributed by atoms with van der Waals surface area (Å²) in [7, 11) is 0. The minimum Gasteiger partial charge on any atom is -0.316 e. The van der Waals surface area contributed by atoms with Crippen LogP contribution in [0, 0.1) is 6.92 Å². The zero-order chi connectivity index (χ0) is 13.9. The smallest absolute Gasteiger partial charge is 0.211 e. The molecule has 0 aliphatic carbocycles. The maximum Gasteiger partial charge on any atom is 0.211 e. The SMILES string of the molecule is CCc1nnc(Nc2cc(C)nc(C3CCNC3)n2)s1.